The molecule has 2 aliphatic rings. The molecule has 2 rings (SSSR count). The van der Waals surface area contributed by atoms with Gasteiger partial charge in [0.15, 0.2) is 0 Å². The van der Waals surface area contributed by atoms with Crippen LogP contribution in [-0.4, -0.2) is 54.9 Å². The van der Waals surface area contributed by atoms with Crippen molar-refractivity contribution in [2.45, 2.75) is 51.1 Å². The van der Waals surface area contributed by atoms with Gasteiger partial charge in [-0.05, 0) is 39.3 Å². The fourth-order valence-corrected chi connectivity index (χ4v) is 3.33. The molecular weight excluding hydrogens is 242 g/mol. The number of likely N-dealkylation sites (tertiary alicyclic amines) is 1. The summed E-state index contributed by atoms with van der Waals surface area (Å²) < 4.78 is 0. The van der Waals surface area contributed by atoms with Gasteiger partial charge in [0.2, 0.25) is 0 Å². The van der Waals surface area contributed by atoms with Crippen LogP contribution < -0.4 is 10.6 Å². The van der Waals surface area contributed by atoms with Crippen molar-refractivity contribution in [2.24, 2.45) is 5.41 Å². The molecule has 5 heteroatoms. The van der Waals surface area contributed by atoms with E-state index in [0.717, 1.165) is 32.2 Å². The maximum absolute atomic E-state index is 11.9. The minimum Gasteiger partial charge on any atom is -0.396 e. The molecule has 2 amide bonds. The lowest BCUT2D eigenvalue weighted by atomic mass is 9.86. The lowest BCUT2D eigenvalue weighted by Gasteiger charge is -2.30. The number of nitrogens with zero attached hydrogens (tertiary/aromatic N) is 1. The summed E-state index contributed by atoms with van der Waals surface area (Å²) in [5.41, 5.74) is -0.151. The number of hydrogen-bond acceptors (Lipinski definition) is 3. The Morgan fingerprint density at radius 1 is 1.42 bits per heavy atom. The molecule has 1 heterocycles. The fraction of sp³-hybridized carbons (Fsp3) is 0.929. The average molecular weight is 269 g/mol. The van der Waals surface area contributed by atoms with Gasteiger partial charge in [0.25, 0.3) is 0 Å². The summed E-state index contributed by atoms with van der Waals surface area (Å²) in [6.45, 7) is 4.03. The van der Waals surface area contributed by atoms with E-state index in [1.807, 2.05) is 0 Å². The van der Waals surface area contributed by atoms with Gasteiger partial charge in [-0.1, -0.05) is 13.3 Å². The minimum absolute atomic E-state index is 0.0909. The first-order valence-electron chi connectivity index (χ1n) is 7.40. The molecule has 110 valence electrons. The first-order valence-corrected chi connectivity index (χ1v) is 7.40. The minimum atomic E-state index is -0.151. The summed E-state index contributed by atoms with van der Waals surface area (Å²) in [6, 6.07) is 0.476. The summed E-state index contributed by atoms with van der Waals surface area (Å²) in [7, 11) is 2.11. The number of rotatable bonds is 4. The van der Waals surface area contributed by atoms with Gasteiger partial charge >= 0.3 is 6.03 Å². The summed E-state index contributed by atoms with van der Waals surface area (Å²) >= 11 is 0. The van der Waals surface area contributed by atoms with E-state index in [-0.39, 0.29) is 24.1 Å². The van der Waals surface area contributed by atoms with Crippen LogP contribution in [0.5, 0.6) is 0 Å². The van der Waals surface area contributed by atoms with Crippen LogP contribution in [0.1, 0.15) is 39.0 Å². The number of carbonyl (C=O) groups excluding carboxylic acids is 1. The largest absolute Gasteiger partial charge is 0.396 e. The highest BCUT2D eigenvalue weighted by molar-refractivity contribution is 5.74. The molecule has 5 nitrogen and oxygen atoms in total. The molecule has 0 aromatic carbocycles. The summed E-state index contributed by atoms with van der Waals surface area (Å²) in [4.78, 5) is 14.2. The Labute approximate surface area is 115 Å². The third-order valence-electron chi connectivity index (χ3n) is 4.92. The van der Waals surface area contributed by atoms with Gasteiger partial charge in [-0.25, -0.2) is 4.79 Å². The zero-order valence-corrected chi connectivity index (χ0v) is 12.1. The fourth-order valence-electron chi connectivity index (χ4n) is 3.33. The van der Waals surface area contributed by atoms with Crippen LogP contribution in [0.2, 0.25) is 0 Å². The predicted octanol–water partition coefficient (Wildman–Crippen LogP) is 0.931. The van der Waals surface area contributed by atoms with E-state index in [9.17, 15) is 9.90 Å². The smallest absolute Gasteiger partial charge is 0.315 e. The zero-order chi connectivity index (χ0) is 13.9. The molecule has 1 saturated heterocycles. The molecular formula is C14H27N3O2. The van der Waals surface area contributed by atoms with Crippen LogP contribution in [0.3, 0.4) is 0 Å². The Balaban J connectivity index is 1.75. The highest BCUT2D eigenvalue weighted by Crippen LogP contribution is 2.37. The molecule has 3 unspecified atom stereocenters. The molecule has 0 aromatic rings. The van der Waals surface area contributed by atoms with E-state index in [1.54, 1.807) is 0 Å². The van der Waals surface area contributed by atoms with E-state index in [2.05, 4.69) is 29.5 Å². The van der Waals surface area contributed by atoms with Gasteiger partial charge in [-0.2, -0.15) is 0 Å². The molecule has 0 aromatic heterocycles. The van der Waals surface area contributed by atoms with Crippen molar-refractivity contribution in [3.05, 3.63) is 0 Å². The molecule has 3 N–H and O–H groups in total. The normalized spacial score (nSPS) is 35.5. The van der Waals surface area contributed by atoms with Gasteiger partial charge in [0.1, 0.15) is 0 Å². The van der Waals surface area contributed by atoms with Gasteiger partial charge in [-0.3, -0.25) is 0 Å². The van der Waals surface area contributed by atoms with Crippen molar-refractivity contribution >= 4 is 6.03 Å². The van der Waals surface area contributed by atoms with Crippen molar-refractivity contribution in [2.75, 3.05) is 26.7 Å². The first-order chi connectivity index (χ1) is 9.05. The number of carbonyl (C=O) groups is 1. The number of aliphatic hydroxyl groups excluding tert-OH is 1. The highest BCUT2D eigenvalue weighted by Gasteiger charge is 2.39. The van der Waals surface area contributed by atoms with Crippen LogP contribution in [0.4, 0.5) is 4.79 Å². The van der Waals surface area contributed by atoms with Crippen LogP contribution in [0, 0.1) is 5.41 Å². The summed E-state index contributed by atoms with van der Waals surface area (Å²) in [5.74, 6) is 0. The second kappa shape index (κ2) is 6.09. The zero-order valence-electron chi connectivity index (χ0n) is 12.1. The summed E-state index contributed by atoms with van der Waals surface area (Å²) in [6.07, 6.45) is 5.41. The number of hydrogen-bond donors (Lipinski definition) is 3. The average Bonchev–Trinajstić information content (AvgIpc) is 2.95. The lowest BCUT2D eigenvalue weighted by Crippen LogP contribution is -2.50. The molecule has 0 spiro atoms. The Kier molecular flexibility index (Phi) is 4.68. The quantitative estimate of drug-likeness (QED) is 0.711. The number of aliphatic hydroxyl groups is 1. The molecule has 3 atom stereocenters. The van der Waals surface area contributed by atoms with Crippen molar-refractivity contribution < 1.29 is 9.90 Å². The van der Waals surface area contributed by atoms with Gasteiger partial charge in [0, 0.05) is 24.0 Å². The Morgan fingerprint density at radius 2 is 2.21 bits per heavy atom. The number of amides is 2. The van der Waals surface area contributed by atoms with E-state index >= 15 is 0 Å². The van der Waals surface area contributed by atoms with Crippen LogP contribution in [0.25, 0.3) is 0 Å². The van der Waals surface area contributed by atoms with Gasteiger partial charge < -0.3 is 20.6 Å². The predicted molar refractivity (Wildman–Crippen MR) is 75.0 cm³/mol. The summed E-state index contributed by atoms with van der Waals surface area (Å²) in [5, 5.41) is 15.5. The third-order valence-corrected chi connectivity index (χ3v) is 4.92. The van der Waals surface area contributed by atoms with Crippen LogP contribution >= 0.6 is 0 Å². The molecule has 19 heavy (non-hydrogen) atoms. The van der Waals surface area contributed by atoms with E-state index in [4.69, 9.17) is 0 Å². The van der Waals surface area contributed by atoms with Crippen molar-refractivity contribution in [1.82, 2.24) is 15.5 Å². The van der Waals surface area contributed by atoms with Gasteiger partial charge in [0.05, 0.1) is 6.61 Å². The standard InChI is InChI=1S/C14H27N3O2/c1-14(10-18)7-3-6-12(14)16-13(19)15-9-11-5-4-8-17(11)2/h11-12,18H,3-10H2,1-2H3,(H2,15,16,19). The third kappa shape index (κ3) is 3.39. The molecule has 1 saturated carbocycles. The lowest BCUT2D eigenvalue weighted by molar-refractivity contribution is 0.121. The van der Waals surface area contributed by atoms with Gasteiger partial charge in [-0.15, -0.1) is 0 Å². The molecule has 0 bridgehead atoms. The number of nitrogens with one attached hydrogen (secondary N) is 2. The van der Waals surface area contributed by atoms with Crippen LogP contribution in [0.15, 0.2) is 0 Å². The van der Waals surface area contributed by atoms with Crippen molar-refractivity contribution in [3.8, 4) is 0 Å². The van der Waals surface area contributed by atoms with E-state index in [1.165, 1.54) is 6.42 Å². The molecule has 1 aliphatic heterocycles. The topological polar surface area (TPSA) is 64.6 Å². The number of urea groups is 1. The second-order valence-electron chi connectivity index (χ2n) is 6.39. The van der Waals surface area contributed by atoms with E-state index < -0.39 is 0 Å². The molecule has 1 aliphatic carbocycles. The van der Waals surface area contributed by atoms with E-state index in [0.29, 0.717) is 12.6 Å². The SMILES string of the molecule is CN1CCCC1CNC(=O)NC1CCCC1(C)CO. The monoisotopic (exact) mass is 269 g/mol. The molecule has 2 fully saturated rings. The van der Waals surface area contributed by atoms with Crippen molar-refractivity contribution in [1.29, 1.82) is 0 Å². The Bertz CT molecular complexity index is 324. The number of likely N-dealkylation sites (N-methyl/N-ethyl adjacent to an activating group) is 1. The molecule has 0 radical (unpaired) electrons. The maximum atomic E-state index is 11.9. The Hall–Kier alpha value is -0.810. The Morgan fingerprint density at radius 3 is 2.84 bits per heavy atom. The maximum Gasteiger partial charge on any atom is 0.315 e. The highest BCUT2D eigenvalue weighted by atomic mass is 16.3. The second-order valence-corrected chi connectivity index (χ2v) is 6.39. The van der Waals surface area contributed by atoms with Crippen LogP contribution in [-0.2, 0) is 0 Å². The first kappa shape index (κ1) is 14.6. The van der Waals surface area contributed by atoms with Crippen molar-refractivity contribution in [3.63, 3.8) is 0 Å².